The molecule has 672 valence electrons. The van der Waals surface area contributed by atoms with Crippen molar-refractivity contribution in [1.29, 1.82) is 0 Å². The molecule has 0 aliphatic heterocycles. The minimum absolute atomic E-state index is 0.597. The lowest BCUT2D eigenvalue weighted by Gasteiger charge is -2.07. The highest BCUT2D eigenvalue weighted by molar-refractivity contribution is 7.24. The van der Waals surface area contributed by atoms with Crippen molar-refractivity contribution in [2.75, 3.05) is 0 Å². The molecule has 36 rings (SSSR count). The smallest absolute Gasteiger partial charge is 0.307 e. The molecule has 0 unspecified atom stereocenters. The van der Waals surface area contributed by atoms with E-state index < -0.39 is 0 Å². The summed E-state index contributed by atoms with van der Waals surface area (Å²) in [6.07, 6.45) is 0. The van der Waals surface area contributed by atoms with Crippen LogP contribution >= 0.6 is 22.7 Å². The highest BCUT2D eigenvalue weighted by Crippen LogP contribution is 2.46. The van der Waals surface area contributed by atoms with Gasteiger partial charge in [0.25, 0.3) is 0 Å². The van der Waals surface area contributed by atoms with Gasteiger partial charge < -0.3 is 4.42 Å². The van der Waals surface area contributed by atoms with Gasteiger partial charge in [-0.2, -0.15) is 4.98 Å². The lowest BCUT2D eigenvalue weighted by molar-refractivity contribution is 0.641. The molecule has 18 aromatic carbocycles. The number of rotatable bonds is 6. The summed E-state index contributed by atoms with van der Waals surface area (Å²) in [6.45, 7) is 0. The fourth-order valence-corrected chi connectivity index (χ4v) is 26.5. The van der Waals surface area contributed by atoms with Crippen molar-refractivity contribution in [2.24, 2.45) is 0 Å². The number of imidazole rings is 9. The molecular weight excluding hydrogens is 1810 g/mol. The first-order chi connectivity index (χ1) is 71.4. The Balaban J connectivity index is 0.0000000932. The minimum atomic E-state index is 0.597. The predicted molar refractivity (Wildman–Crippen MR) is 590 cm³/mol. The van der Waals surface area contributed by atoms with Gasteiger partial charge in [0.1, 0.15) is 39.4 Å². The van der Waals surface area contributed by atoms with Crippen molar-refractivity contribution in [3.8, 4) is 34.1 Å². The van der Waals surface area contributed by atoms with E-state index in [1.807, 2.05) is 18.2 Å². The lowest BCUT2D eigenvalue weighted by atomic mass is 10.2. The Morgan fingerprint density at radius 3 is 0.944 bits per heavy atom. The zero-order valence-electron chi connectivity index (χ0n) is 76.3. The Hall–Kier alpha value is -19.4. The van der Waals surface area contributed by atoms with Crippen molar-refractivity contribution in [1.82, 2.24) is 82.0 Å². The maximum absolute atomic E-state index is 6.56. The number of para-hydroxylation sites is 22. The Morgan fingerprint density at radius 1 is 0.181 bits per heavy atom. The van der Waals surface area contributed by atoms with Gasteiger partial charge in [0.2, 0.25) is 0 Å². The number of hydrogen-bond acceptors (Lipinski definition) is 6. The molecule has 0 saturated carbocycles. The molecular formula is C123H72N18OS2. The van der Waals surface area contributed by atoms with Crippen LogP contribution in [0.5, 0.6) is 0 Å². The standard InChI is InChI=1S/C41H24N6O.2C41H24N6S/c2*1-3-12-29-25(10-1)22-38-43(31-14-5-6-15-32(31)44(29)38)27-21-20-26-23-39-45(33-16-7-8-17-34(33)46(39)37(26)24-27)35-18-9-19-36-40(35)48-41-42-28-11-2-4-13-30(28)47(36)41;1-2-11-28-25(10-1)22-38-43(29-12-3-4-13-30(29)44(28)38)27-21-20-26-23-39-45(31-14-5-6-15-32(31)46(39)36(26)24-27)34-17-9-18-35-40(34)42-41-47(35)33-16-7-8-19-37(33)48-41/h3*1-24H. The van der Waals surface area contributed by atoms with E-state index in [0.717, 1.165) is 139 Å². The van der Waals surface area contributed by atoms with E-state index >= 15 is 0 Å². The molecule has 0 saturated heterocycles. The summed E-state index contributed by atoms with van der Waals surface area (Å²) in [6, 6.07) is 157. The number of oxazole rings is 1. The molecule has 19 nitrogen and oxygen atoms in total. The highest BCUT2D eigenvalue weighted by atomic mass is 32.1. The van der Waals surface area contributed by atoms with Crippen molar-refractivity contribution in [2.45, 2.75) is 0 Å². The SMILES string of the molecule is c1ccc2c(c1)cc1n(-c3ccc4cc5n(-c6cccc7c6nc6sc8ccccc8n67)c6ccccc6n5c4c3)c3ccccc3n21.c1ccc2c(c1)cc1n(-c3ccc4cc5n(-c6cccc7c6oc6nc8ccccc8n67)c6ccccc6n5c4c3)c3ccccc3n21.c1ccc2c(c1)cc1n(-c3ccc4cc5n(-c6cccc7c6sc6nc8ccccc8n67)c6ccccc6n5c4c3)c3ccccc3n21. The lowest BCUT2D eigenvalue weighted by Crippen LogP contribution is -1.95. The second-order valence-corrected chi connectivity index (χ2v) is 39.7. The first kappa shape index (κ1) is 76.7. The molecule has 21 heteroatoms. The van der Waals surface area contributed by atoms with Crippen molar-refractivity contribution < 1.29 is 4.42 Å². The fourth-order valence-electron chi connectivity index (χ4n) is 24.3. The summed E-state index contributed by atoms with van der Waals surface area (Å²) in [7, 11) is 0. The van der Waals surface area contributed by atoms with E-state index in [1.165, 1.54) is 136 Å². The molecule has 0 aliphatic rings. The van der Waals surface area contributed by atoms with Crippen LogP contribution in [-0.4, -0.2) is 82.0 Å². The molecule has 0 fully saturated rings. The fraction of sp³-hybridized carbons (Fsp3) is 0. The van der Waals surface area contributed by atoms with Gasteiger partial charge in [0, 0.05) is 49.4 Å². The van der Waals surface area contributed by atoms with E-state index in [2.05, 4.69) is 486 Å². The van der Waals surface area contributed by atoms with Crippen LogP contribution < -0.4 is 0 Å². The maximum Gasteiger partial charge on any atom is 0.307 e. The van der Waals surface area contributed by atoms with Crippen LogP contribution in [0.2, 0.25) is 0 Å². The zero-order valence-corrected chi connectivity index (χ0v) is 78.0. The predicted octanol–water partition coefficient (Wildman–Crippen LogP) is 30.7. The summed E-state index contributed by atoms with van der Waals surface area (Å²) in [5, 5.41) is 7.29. The number of hydrogen-bond donors (Lipinski definition) is 0. The van der Waals surface area contributed by atoms with Crippen LogP contribution in [-0.2, 0) is 0 Å². The van der Waals surface area contributed by atoms with Crippen LogP contribution in [0, 0.1) is 0 Å². The third kappa shape index (κ3) is 10.2. The van der Waals surface area contributed by atoms with Gasteiger partial charge in [-0.05, 0) is 237 Å². The van der Waals surface area contributed by atoms with Gasteiger partial charge in [0.15, 0.2) is 15.5 Å². The van der Waals surface area contributed by atoms with Crippen LogP contribution in [0.3, 0.4) is 0 Å². The van der Waals surface area contributed by atoms with E-state index in [4.69, 9.17) is 19.4 Å². The van der Waals surface area contributed by atoms with Crippen LogP contribution in [0.15, 0.2) is 441 Å². The summed E-state index contributed by atoms with van der Waals surface area (Å²) in [4.78, 5) is 17.1. The zero-order chi connectivity index (χ0) is 93.3. The number of aromatic nitrogens is 18. The molecule has 0 radical (unpaired) electrons. The van der Waals surface area contributed by atoms with Gasteiger partial charge in [-0.15, -0.1) is 0 Å². The van der Waals surface area contributed by atoms with E-state index in [0.29, 0.717) is 5.84 Å². The number of thiazole rings is 2. The summed E-state index contributed by atoms with van der Waals surface area (Å²) >= 11 is 3.50. The van der Waals surface area contributed by atoms with Gasteiger partial charge in [-0.1, -0.05) is 223 Å². The normalized spacial score (nSPS) is 12.6. The Labute approximate surface area is 819 Å². The number of fused-ring (bicyclic) bond motifs is 45. The maximum atomic E-state index is 6.56. The number of nitrogens with zero attached hydrogens (tertiary/aromatic N) is 18. The Bertz CT molecular complexity index is 11000. The Kier molecular flexibility index (Phi) is 15.0. The monoisotopic (exact) mass is 1880 g/mol. The molecule has 0 amide bonds. The molecule has 0 bridgehead atoms. The first-order valence-corrected chi connectivity index (χ1v) is 50.1. The van der Waals surface area contributed by atoms with Gasteiger partial charge >= 0.3 is 5.84 Å². The molecule has 0 spiro atoms. The van der Waals surface area contributed by atoms with Gasteiger partial charge in [0.05, 0.1) is 170 Å². The average Bonchev–Trinajstić information content (AvgIpc) is 1.55. The van der Waals surface area contributed by atoms with Gasteiger partial charge in [-0.25, -0.2) is 9.97 Å². The third-order valence-electron chi connectivity index (χ3n) is 30.2. The van der Waals surface area contributed by atoms with Crippen molar-refractivity contribution >= 4 is 269 Å². The molecule has 0 atom stereocenters. The summed E-state index contributed by atoms with van der Waals surface area (Å²) in [5.41, 5.74) is 45.1. The number of benzene rings is 18. The van der Waals surface area contributed by atoms with E-state index in [-0.39, 0.29) is 0 Å². The molecule has 18 heterocycles. The highest BCUT2D eigenvalue weighted by Gasteiger charge is 2.29. The quantitative estimate of drug-likeness (QED) is 0.165. The molecule has 18 aromatic heterocycles. The van der Waals surface area contributed by atoms with Crippen molar-refractivity contribution in [3.05, 3.63) is 437 Å². The molecule has 0 aliphatic carbocycles. The summed E-state index contributed by atoms with van der Waals surface area (Å²) < 4.78 is 44.4. The van der Waals surface area contributed by atoms with Gasteiger partial charge in [-0.3, -0.25) is 67.0 Å². The molecule has 36 aromatic rings. The van der Waals surface area contributed by atoms with E-state index in [1.54, 1.807) is 22.7 Å². The van der Waals surface area contributed by atoms with E-state index in [9.17, 15) is 0 Å². The summed E-state index contributed by atoms with van der Waals surface area (Å²) in [5.74, 6) is 0.597. The largest absolute Gasteiger partial charge is 0.421 e. The topological polar surface area (TPSA) is 121 Å². The average molecular weight is 1880 g/mol. The minimum Gasteiger partial charge on any atom is -0.421 e. The van der Waals surface area contributed by atoms with Crippen molar-refractivity contribution in [3.63, 3.8) is 0 Å². The van der Waals surface area contributed by atoms with Crippen LogP contribution in [0.1, 0.15) is 0 Å². The van der Waals surface area contributed by atoms with Crippen LogP contribution in [0.25, 0.3) is 280 Å². The first-order valence-electron chi connectivity index (χ1n) is 48.5. The molecule has 0 N–H and O–H groups in total. The van der Waals surface area contributed by atoms with Crippen LogP contribution in [0.4, 0.5) is 0 Å². The Morgan fingerprint density at radius 2 is 0.486 bits per heavy atom. The third-order valence-corrected chi connectivity index (χ3v) is 32.3. The second kappa shape index (κ2) is 28.2. The second-order valence-electron chi connectivity index (χ2n) is 37.7. The molecule has 144 heavy (non-hydrogen) atoms.